The number of hydrogen-bond acceptors (Lipinski definition) is 4. The van der Waals surface area contributed by atoms with Crippen molar-refractivity contribution in [3.63, 3.8) is 0 Å². The normalized spacial score (nSPS) is 22.2. The SMILES string of the molecule is CCn1cnc(S(=O)(=O)N2CCCC(NC)C2)c1. The molecule has 1 N–H and O–H groups in total. The van der Waals surface area contributed by atoms with Crippen molar-refractivity contribution in [3.05, 3.63) is 12.5 Å². The summed E-state index contributed by atoms with van der Waals surface area (Å²) in [5.41, 5.74) is 0. The van der Waals surface area contributed by atoms with Crippen LogP contribution in [0.4, 0.5) is 0 Å². The molecule has 1 aliphatic rings. The Morgan fingerprint density at radius 1 is 1.56 bits per heavy atom. The fourth-order valence-corrected chi connectivity index (χ4v) is 3.63. The first-order valence-electron chi connectivity index (χ1n) is 6.27. The minimum atomic E-state index is -3.43. The first kappa shape index (κ1) is 13.5. The molecule has 102 valence electrons. The molecule has 2 heterocycles. The molecule has 7 heteroatoms. The van der Waals surface area contributed by atoms with Gasteiger partial charge in [-0.2, -0.15) is 4.31 Å². The Morgan fingerprint density at radius 2 is 2.33 bits per heavy atom. The molecule has 0 bridgehead atoms. The van der Waals surface area contributed by atoms with E-state index in [0.717, 1.165) is 19.4 Å². The number of piperidine rings is 1. The van der Waals surface area contributed by atoms with E-state index < -0.39 is 10.0 Å². The summed E-state index contributed by atoms with van der Waals surface area (Å²) in [6.07, 6.45) is 5.07. The van der Waals surface area contributed by atoms with E-state index in [1.54, 1.807) is 17.1 Å². The van der Waals surface area contributed by atoms with Crippen LogP contribution in [0.1, 0.15) is 19.8 Å². The highest BCUT2D eigenvalue weighted by Crippen LogP contribution is 2.19. The lowest BCUT2D eigenvalue weighted by Gasteiger charge is -2.31. The van der Waals surface area contributed by atoms with Gasteiger partial charge in [0.2, 0.25) is 0 Å². The zero-order valence-corrected chi connectivity index (χ0v) is 11.7. The van der Waals surface area contributed by atoms with E-state index in [1.165, 1.54) is 4.31 Å². The van der Waals surface area contributed by atoms with Crippen LogP contribution in [0, 0.1) is 0 Å². The number of aromatic nitrogens is 2. The van der Waals surface area contributed by atoms with Gasteiger partial charge in [-0.1, -0.05) is 0 Å². The first-order valence-corrected chi connectivity index (χ1v) is 7.71. The van der Waals surface area contributed by atoms with Crippen LogP contribution in [0.3, 0.4) is 0 Å². The number of nitrogens with zero attached hydrogens (tertiary/aromatic N) is 3. The van der Waals surface area contributed by atoms with Crippen molar-refractivity contribution in [2.45, 2.75) is 37.4 Å². The Balaban J connectivity index is 2.19. The monoisotopic (exact) mass is 272 g/mol. The van der Waals surface area contributed by atoms with Crippen molar-refractivity contribution in [1.82, 2.24) is 19.2 Å². The average molecular weight is 272 g/mol. The van der Waals surface area contributed by atoms with Gasteiger partial charge in [0.25, 0.3) is 10.0 Å². The van der Waals surface area contributed by atoms with E-state index >= 15 is 0 Å². The largest absolute Gasteiger partial charge is 0.336 e. The smallest absolute Gasteiger partial charge is 0.262 e. The van der Waals surface area contributed by atoms with Crippen molar-refractivity contribution in [2.24, 2.45) is 0 Å². The number of rotatable bonds is 4. The van der Waals surface area contributed by atoms with E-state index in [4.69, 9.17) is 0 Å². The van der Waals surface area contributed by atoms with Gasteiger partial charge in [-0.3, -0.25) is 0 Å². The van der Waals surface area contributed by atoms with Gasteiger partial charge < -0.3 is 9.88 Å². The number of nitrogens with one attached hydrogen (secondary N) is 1. The summed E-state index contributed by atoms with van der Waals surface area (Å²) in [5, 5.41) is 3.30. The van der Waals surface area contributed by atoms with Crippen LogP contribution >= 0.6 is 0 Å². The van der Waals surface area contributed by atoms with Crippen LogP contribution in [0.25, 0.3) is 0 Å². The zero-order valence-electron chi connectivity index (χ0n) is 10.8. The van der Waals surface area contributed by atoms with Gasteiger partial charge in [-0.05, 0) is 26.8 Å². The molecule has 0 spiro atoms. The Labute approximate surface area is 108 Å². The Morgan fingerprint density at radius 3 is 2.94 bits per heavy atom. The molecule has 1 saturated heterocycles. The molecule has 1 atom stereocenters. The first-order chi connectivity index (χ1) is 8.57. The average Bonchev–Trinajstić information content (AvgIpc) is 2.88. The second-order valence-electron chi connectivity index (χ2n) is 4.53. The summed E-state index contributed by atoms with van der Waals surface area (Å²) in [7, 11) is -1.57. The van der Waals surface area contributed by atoms with Gasteiger partial charge in [-0.15, -0.1) is 0 Å². The molecular formula is C11H20N4O2S. The highest BCUT2D eigenvalue weighted by Gasteiger charge is 2.31. The molecular weight excluding hydrogens is 252 g/mol. The minimum Gasteiger partial charge on any atom is -0.336 e. The number of imidazole rings is 1. The van der Waals surface area contributed by atoms with Gasteiger partial charge >= 0.3 is 0 Å². The second-order valence-corrected chi connectivity index (χ2v) is 6.42. The summed E-state index contributed by atoms with van der Waals surface area (Å²) in [6.45, 7) is 3.79. The lowest BCUT2D eigenvalue weighted by molar-refractivity contribution is 0.292. The standard InChI is InChI=1S/C11H20N4O2S/c1-3-14-8-11(13-9-14)18(16,17)15-6-4-5-10(7-15)12-2/h8-10,12H,3-7H2,1-2H3. The van der Waals surface area contributed by atoms with Crippen LogP contribution in [-0.2, 0) is 16.6 Å². The molecule has 0 amide bonds. The van der Waals surface area contributed by atoms with Crippen molar-refractivity contribution in [1.29, 1.82) is 0 Å². The molecule has 0 saturated carbocycles. The molecule has 1 aromatic heterocycles. The topological polar surface area (TPSA) is 67.2 Å². The lowest BCUT2D eigenvalue weighted by Crippen LogP contribution is -2.46. The maximum absolute atomic E-state index is 12.4. The fourth-order valence-electron chi connectivity index (χ4n) is 2.17. The zero-order chi connectivity index (χ0) is 13.2. The number of aryl methyl sites for hydroxylation is 1. The Kier molecular flexibility index (Phi) is 4.04. The third-order valence-electron chi connectivity index (χ3n) is 3.37. The molecule has 1 aliphatic heterocycles. The van der Waals surface area contributed by atoms with E-state index in [-0.39, 0.29) is 11.1 Å². The molecule has 0 aliphatic carbocycles. The van der Waals surface area contributed by atoms with Gasteiger partial charge in [0.05, 0.1) is 6.33 Å². The number of sulfonamides is 1. The Bertz CT molecular complexity index is 497. The lowest BCUT2D eigenvalue weighted by atomic mass is 10.1. The number of likely N-dealkylation sites (N-methyl/N-ethyl adjacent to an activating group) is 1. The molecule has 18 heavy (non-hydrogen) atoms. The van der Waals surface area contributed by atoms with E-state index in [2.05, 4.69) is 10.3 Å². The highest BCUT2D eigenvalue weighted by molar-refractivity contribution is 7.89. The fraction of sp³-hybridized carbons (Fsp3) is 0.727. The molecule has 0 aromatic carbocycles. The summed E-state index contributed by atoms with van der Waals surface area (Å²) in [4.78, 5) is 4.00. The summed E-state index contributed by atoms with van der Waals surface area (Å²) < 4.78 is 28.1. The summed E-state index contributed by atoms with van der Waals surface area (Å²) in [6, 6.07) is 0.238. The van der Waals surface area contributed by atoms with E-state index in [9.17, 15) is 8.42 Å². The molecule has 6 nitrogen and oxygen atoms in total. The molecule has 0 radical (unpaired) electrons. The van der Waals surface area contributed by atoms with Gasteiger partial charge in [0.15, 0.2) is 5.03 Å². The maximum atomic E-state index is 12.4. The predicted octanol–water partition coefficient (Wildman–Crippen LogP) is 0.275. The van der Waals surface area contributed by atoms with Crippen LogP contribution < -0.4 is 5.32 Å². The summed E-state index contributed by atoms with van der Waals surface area (Å²) in [5.74, 6) is 0. The predicted molar refractivity (Wildman–Crippen MR) is 68.7 cm³/mol. The molecule has 1 aromatic rings. The van der Waals surface area contributed by atoms with Crippen LogP contribution in [0.5, 0.6) is 0 Å². The third-order valence-corrected chi connectivity index (χ3v) is 5.12. The van der Waals surface area contributed by atoms with E-state index in [1.807, 2.05) is 14.0 Å². The second kappa shape index (κ2) is 5.38. The molecule has 1 unspecified atom stereocenters. The quantitative estimate of drug-likeness (QED) is 0.854. The third kappa shape index (κ3) is 2.57. The molecule has 2 rings (SSSR count). The van der Waals surface area contributed by atoms with Gasteiger partial charge in [0, 0.05) is 31.9 Å². The number of hydrogen-bond donors (Lipinski definition) is 1. The molecule has 1 fully saturated rings. The van der Waals surface area contributed by atoms with Crippen LogP contribution in [0.2, 0.25) is 0 Å². The van der Waals surface area contributed by atoms with Crippen molar-refractivity contribution >= 4 is 10.0 Å². The van der Waals surface area contributed by atoms with Crippen molar-refractivity contribution in [2.75, 3.05) is 20.1 Å². The maximum Gasteiger partial charge on any atom is 0.262 e. The Hall–Kier alpha value is -0.920. The van der Waals surface area contributed by atoms with Crippen LogP contribution in [0.15, 0.2) is 17.6 Å². The highest BCUT2D eigenvalue weighted by atomic mass is 32.2. The van der Waals surface area contributed by atoms with Crippen molar-refractivity contribution in [3.8, 4) is 0 Å². The van der Waals surface area contributed by atoms with Crippen molar-refractivity contribution < 1.29 is 8.42 Å². The van der Waals surface area contributed by atoms with Gasteiger partial charge in [0.1, 0.15) is 0 Å². The van der Waals surface area contributed by atoms with E-state index in [0.29, 0.717) is 13.1 Å². The summed E-state index contributed by atoms with van der Waals surface area (Å²) >= 11 is 0. The van der Waals surface area contributed by atoms with Crippen LogP contribution in [-0.4, -0.2) is 48.5 Å². The minimum absolute atomic E-state index is 0.154. The van der Waals surface area contributed by atoms with Gasteiger partial charge in [-0.25, -0.2) is 13.4 Å².